The van der Waals surface area contributed by atoms with E-state index in [4.69, 9.17) is 4.74 Å². The van der Waals surface area contributed by atoms with Crippen LogP contribution in [0.3, 0.4) is 0 Å². The van der Waals surface area contributed by atoms with Crippen LogP contribution in [0.1, 0.15) is 51.0 Å². The fraction of sp³-hybridized carbons (Fsp3) is 0.500. The van der Waals surface area contributed by atoms with Crippen LogP contribution < -0.4 is 4.74 Å². The van der Waals surface area contributed by atoms with E-state index in [9.17, 15) is 4.79 Å². The van der Waals surface area contributed by atoms with E-state index in [1.807, 2.05) is 30.3 Å². The highest BCUT2D eigenvalue weighted by atomic mass is 32.2. The van der Waals surface area contributed by atoms with Gasteiger partial charge in [-0.1, -0.05) is 38.3 Å². The minimum Gasteiger partial charge on any atom is -0.494 e. The fourth-order valence-corrected chi connectivity index (χ4v) is 3.91. The van der Waals surface area contributed by atoms with E-state index in [2.05, 4.69) is 16.8 Å². The molecule has 25 heavy (non-hydrogen) atoms. The highest BCUT2D eigenvalue weighted by molar-refractivity contribution is 8.18. The summed E-state index contributed by atoms with van der Waals surface area (Å²) in [5, 5.41) is 0.873. The summed E-state index contributed by atoms with van der Waals surface area (Å²) in [6.07, 6.45) is 9.04. The first-order chi connectivity index (χ1) is 12.3. The van der Waals surface area contributed by atoms with Crippen molar-refractivity contribution in [3.63, 3.8) is 0 Å². The summed E-state index contributed by atoms with van der Waals surface area (Å²) in [5.74, 6) is 0.759. The Bertz CT molecular complexity index is 644. The Kier molecular flexibility index (Phi) is 6.56. The third kappa shape index (κ3) is 5.11. The van der Waals surface area contributed by atoms with Gasteiger partial charge in [0.15, 0.2) is 5.17 Å². The van der Waals surface area contributed by atoms with Crippen LogP contribution in [0.15, 0.2) is 34.2 Å². The van der Waals surface area contributed by atoms with Gasteiger partial charge in [0.05, 0.1) is 11.5 Å². The Balaban J connectivity index is 1.61. The maximum absolute atomic E-state index is 12.2. The molecule has 2 aliphatic heterocycles. The molecular formula is C20H26N2O2S. The molecule has 0 aromatic heterocycles. The number of amidine groups is 1. The summed E-state index contributed by atoms with van der Waals surface area (Å²) in [5.41, 5.74) is 1.01. The Hall–Kier alpha value is -1.75. The van der Waals surface area contributed by atoms with Crippen molar-refractivity contribution in [3.8, 4) is 5.75 Å². The molecule has 0 atom stereocenters. The molecule has 1 saturated heterocycles. The number of unbranched alkanes of at least 4 members (excludes halogenated alkanes) is 1. The maximum Gasteiger partial charge on any atom is 0.286 e. The molecule has 0 aliphatic carbocycles. The second-order valence-electron chi connectivity index (χ2n) is 6.48. The van der Waals surface area contributed by atoms with Crippen LogP contribution in [0.4, 0.5) is 0 Å². The Morgan fingerprint density at radius 1 is 1.16 bits per heavy atom. The first-order valence-corrected chi connectivity index (χ1v) is 10.1. The number of likely N-dealkylation sites (tertiary alicyclic amines) is 1. The van der Waals surface area contributed by atoms with Gasteiger partial charge in [-0.15, -0.1) is 0 Å². The average molecular weight is 359 g/mol. The molecule has 2 aliphatic rings. The zero-order valence-electron chi connectivity index (χ0n) is 14.9. The van der Waals surface area contributed by atoms with Crippen molar-refractivity contribution in [1.29, 1.82) is 0 Å². The van der Waals surface area contributed by atoms with Crippen LogP contribution in [0, 0.1) is 0 Å². The summed E-state index contributed by atoms with van der Waals surface area (Å²) in [6, 6.07) is 7.91. The van der Waals surface area contributed by atoms with Gasteiger partial charge in [0.25, 0.3) is 5.91 Å². The van der Waals surface area contributed by atoms with Crippen LogP contribution in [-0.2, 0) is 4.79 Å². The van der Waals surface area contributed by atoms with Gasteiger partial charge in [-0.25, -0.2) is 0 Å². The molecule has 1 fully saturated rings. The van der Waals surface area contributed by atoms with Gasteiger partial charge in [0, 0.05) is 13.1 Å². The number of hydrogen-bond donors (Lipinski definition) is 0. The lowest BCUT2D eigenvalue weighted by molar-refractivity contribution is -0.113. The monoisotopic (exact) mass is 358 g/mol. The smallest absolute Gasteiger partial charge is 0.286 e. The van der Waals surface area contributed by atoms with Gasteiger partial charge in [0.1, 0.15) is 5.75 Å². The first-order valence-electron chi connectivity index (χ1n) is 9.26. The van der Waals surface area contributed by atoms with Crippen LogP contribution in [0.5, 0.6) is 5.75 Å². The van der Waals surface area contributed by atoms with E-state index in [0.29, 0.717) is 4.91 Å². The highest BCUT2D eigenvalue weighted by Crippen LogP contribution is 2.31. The summed E-state index contributed by atoms with van der Waals surface area (Å²) < 4.78 is 5.68. The first kappa shape index (κ1) is 18.1. The highest BCUT2D eigenvalue weighted by Gasteiger charge is 2.26. The normalized spacial score (nSPS) is 19.9. The van der Waals surface area contributed by atoms with Crippen LogP contribution in [0.2, 0.25) is 0 Å². The molecule has 4 nitrogen and oxygen atoms in total. The lowest BCUT2D eigenvalue weighted by Gasteiger charge is -2.20. The minimum absolute atomic E-state index is 0.118. The minimum atomic E-state index is -0.118. The molecule has 0 bridgehead atoms. The Morgan fingerprint density at radius 3 is 2.56 bits per heavy atom. The number of benzene rings is 1. The zero-order chi connectivity index (χ0) is 17.5. The third-order valence-corrected chi connectivity index (χ3v) is 5.47. The van der Waals surface area contributed by atoms with Gasteiger partial charge in [-0.2, -0.15) is 4.99 Å². The molecule has 1 amide bonds. The molecule has 0 N–H and O–H groups in total. The van der Waals surface area contributed by atoms with E-state index < -0.39 is 0 Å². The van der Waals surface area contributed by atoms with E-state index in [0.717, 1.165) is 49.0 Å². The number of rotatable bonds is 5. The molecule has 0 radical (unpaired) electrons. The standard InChI is InChI=1S/C20H26N2O2S/c1-2-3-14-24-17-10-8-16(9-11-17)15-18-19(23)21-20(25-18)22-12-6-4-5-7-13-22/h8-11,15H,2-7,12-14H2,1H3. The van der Waals surface area contributed by atoms with E-state index in [1.165, 1.54) is 37.4 Å². The van der Waals surface area contributed by atoms with Gasteiger partial charge in [0.2, 0.25) is 0 Å². The number of carbonyl (C=O) groups excluding carboxylic acids is 1. The van der Waals surface area contributed by atoms with Crippen LogP contribution in [-0.4, -0.2) is 35.7 Å². The Labute approximate surface area is 154 Å². The van der Waals surface area contributed by atoms with Crippen molar-refractivity contribution in [1.82, 2.24) is 4.90 Å². The van der Waals surface area contributed by atoms with E-state index in [-0.39, 0.29) is 5.91 Å². The number of hydrogen-bond acceptors (Lipinski definition) is 4. The molecule has 134 valence electrons. The van der Waals surface area contributed by atoms with E-state index in [1.54, 1.807) is 0 Å². The number of thioether (sulfide) groups is 1. The molecule has 1 aromatic carbocycles. The lowest BCUT2D eigenvalue weighted by Crippen LogP contribution is -2.28. The molecule has 0 spiro atoms. The quantitative estimate of drug-likeness (QED) is 0.564. The van der Waals surface area contributed by atoms with Gasteiger partial charge in [-0.05, 0) is 54.8 Å². The largest absolute Gasteiger partial charge is 0.494 e. The SMILES string of the molecule is CCCCOc1ccc(C=C2SC(N3CCCCCC3)=NC2=O)cc1. The van der Waals surface area contributed by atoms with Gasteiger partial charge < -0.3 is 9.64 Å². The summed E-state index contributed by atoms with van der Waals surface area (Å²) in [4.78, 5) is 19.5. The molecule has 1 aromatic rings. The number of carbonyl (C=O) groups is 1. The number of aliphatic imine (C=N–C) groups is 1. The molecule has 2 heterocycles. The van der Waals surface area contributed by atoms with Crippen molar-refractivity contribution < 1.29 is 9.53 Å². The number of nitrogens with zero attached hydrogens (tertiary/aromatic N) is 2. The average Bonchev–Trinajstić information content (AvgIpc) is 2.83. The third-order valence-electron chi connectivity index (χ3n) is 4.43. The topological polar surface area (TPSA) is 41.9 Å². The second-order valence-corrected chi connectivity index (χ2v) is 7.49. The Morgan fingerprint density at radius 2 is 1.88 bits per heavy atom. The molecule has 5 heteroatoms. The summed E-state index contributed by atoms with van der Waals surface area (Å²) in [7, 11) is 0. The predicted molar refractivity (Wildman–Crippen MR) is 105 cm³/mol. The number of amides is 1. The summed E-state index contributed by atoms with van der Waals surface area (Å²) in [6.45, 7) is 4.92. The predicted octanol–water partition coefficient (Wildman–Crippen LogP) is 4.71. The molecule has 0 saturated carbocycles. The maximum atomic E-state index is 12.2. The molecular weight excluding hydrogens is 332 g/mol. The van der Waals surface area contributed by atoms with Crippen molar-refractivity contribution in [2.24, 2.45) is 4.99 Å². The second kappa shape index (κ2) is 9.09. The van der Waals surface area contributed by atoms with Crippen molar-refractivity contribution >= 4 is 28.9 Å². The lowest BCUT2D eigenvalue weighted by atomic mass is 10.2. The van der Waals surface area contributed by atoms with Crippen molar-refractivity contribution in [3.05, 3.63) is 34.7 Å². The van der Waals surface area contributed by atoms with Gasteiger partial charge >= 0.3 is 0 Å². The van der Waals surface area contributed by atoms with Crippen LogP contribution in [0.25, 0.3) is 6.08 Å². The number of ether oxygens (including phenoxy) is 1. The van der Waals surface area contributed by atoms with Gasteiger partial charge in [-0.3, -0.25) is 4.79 Å². The van der Waals surface area contributed by atoms with E-state index >= 15 is 0 Å². The zero-order valence-corrected chi connectivity index (χ0v) is 15.7. The molecule has 3 rings (SSSR count). The summed E-state index contributed by atoms with van der Waals surface area (Å²) >= 11 is 1.51. The molecule has 0 unspecified atom stereocenters. The van der Waals surface area contributed by atoms with Crippen molar-refractivity contribution in [2.45, 2.75) is 45.4 Å². The van der Waals surface area contributed by atoms with Crippen molar-refractivity contribution in [2.75, 3.05) is 19.7 Å². The fourth-order valence-electron chi connectivity index (χ4n) is 2.94. The van der Waals surface area contributed by atoms with Crippen LogP contribution >= 0.6 is 11.8 Å².